The number of carbonyl (C=O) groups is 1. The monoisotopic (exact) mass is 201 g/mol. The van der Waals surface area contributed by atoms with Gasteiger partial charge < -0.3 is 16.2 Å². The summed E-state index contributed by atoms with van der Waals surface area (Å²) >= 11 is 0. The largest absolute Gasteiger partial charge is 0.458 e. The van der Waals surface area contributed by atoms with Crippen LogP contribution < -0.4 is 11.5 Å². The highest BCUT2D eigenvalue weighted by Gasteiger charge is 2.23. The summed E-state index contributed by atoms with van der Waals surface area (Å²) in [4.78, 5) is 15.3. The highest BCUT2D eigenvalue weighted by atomic mass is 16.6. The number of nitrogens with zero attached hydrogens (tertiary/aromatic N) is 1. The third kappa shape index (κ3) is 5.40. The van der Waals surface area contributed by atoms with Gasteiger partial charge in [-0.1, -0.05) is 6.92 Å². The summed E-state index contributed by atoms with van der Waals surface area (Å²) in [6, 6.07) is -0.598. The Balaban J connectivity index is 4.41. The minimum absolute atomic E-state index is 0.0947. The van der Waals surface area contributed by atoms with Gasteiger partial charge in [0.25, 0.3) is 0 Å². The van der Waals surface area contributed by atoms with Gasteiger partial charge in [0, 0.05) is 0 Å². The van der Waals surface area contributed by atoms with Gasteiger partial charge in [-0.15, -0.1) is 0 Å². The van der Waals surface area contributed by atoms with E-state index >= 15 is 0 Å². The van der Waals surface area contributed by atoms with Crippen LogP contribution >= 0.6 is 0 Å². The van der Waals surface area contributed by atoms with E-state index in [1.165, 1.54) is 0 Å². The molecule has 0 radical (unpaired) electrons. The summed E-state index contributed by atoms with van der Waals surface area (Å²) in [6.45, 7) is 7.22. The van der Waals surface area contributed by atoms with Gasteiger partial charge in [-0.3, -0.25) is 0 Å². The molecule has 1 atom stereocenters. The Morgan fingerprint density at radius 2 is 1.93 bits per heavy atom. The van der Waals surface area contributed by atoms with Crippen molar-refractivity contribution >= 4 is 11.9 Å². The molecule has 0 aliphatic rings. The zero-order valence-electron chi connectivity index (χ0n) is 9.20. The van der Waals surface area contributed by atoms with Crippen LogP contribution in [0.2, 0.25) is 0 Å². The molecule has 5 heteroatoms. The van der Waals surface area contributed by atoms with Crippen LogP contribution in [0.1, 0.15) is 34.1 Å². The summed E-state index contributed by atoms with van der Waals surface area (Å²) < 4.78 is 5.13. The molecule has 0 aromatic carbocycles. The third-order valence-corrected chi connectivity index (χ3v) is 1.37. The van der Waals surface area contributed by atoms with Crippen LogP contribution in [0.4, 0.5) is 0 Å². The summed E-state index contributed by atoms with van der Waals surface area (Å²) in [5.74, 6) is -0.490. The van der Waals surface area contributed by atoms with E-state index in [0.717, 1.165) is 0 Å². The fourth-order valence-corrected chi connectivity index (χ4v) is 0.860. The fourth-order valence-electron chi connectivity index (χ4n) is 0.860. The van der Waals surface area contributed by atoms with Crippen LogP contribution in [0.5, 0.6) is 0 Å². The minimum Gasteiger partial charge on any atom is -0.458 e. The molecule has 0 aromatic heterocycles. The molecule has 0 aliphatic heterocycles. The van der Waals surface area contributed by atoms with E-state index < -0.39 is 17.6 Å². The van der Waals surface area contributed by atoms with Crippen LogP contribution in [0.3, 0.4) is 0 Å². The quantitative estimate of drug-likeness (QED) is 0.392. The van der Waals surface area contributed by atoms with E-state index in [2.05, 4.69) is 4.99 Å². The van der Waals surface area contributed by atoms with Crippen LogP contribution in [0.25, 0.3) is 0 Å². The average molecular weight is 201 g/mol. The lowest BCUT2D eigenvalue weighted by Gasteiger charge is -2.21. The topological polar surface area (TPSA) is 90.7 Å². The Morgan fingerprint density at radius 3 is 2.21 bits per heavy atom. The molecule has 0 spiro atoms. The van der Waals surface area contributed by atoms with E-state index in [-0.39, 0.29) is 5.96 Å². The first-order chi connectivity index (χ1) is 6.26. The number of rotatable bonds is 3. The Kier molecular flexibility index (Phi) is 4.40. The smallest absolute Gasteiger partial charge is 0.331 e. The van der Waals surface area contributed by atoms with E-state index in [4.69, 9.17) is 16.2 Å². The fraction of sp³-hybridized carbons (Fsp3) is 0.778. The lowest BCUT2D eigenvalue weighted by Crippen LogP contribution is -2.33. The van der Waals surface area contributed by atoms with Gasteiger partial charge in [0.15, 0.2) is 12.0 Å². The Morgan fingerprint density at radius 1 is 1.43 bits per heavy atom. The van der Waals surface area contributed by atoms with E-state index in [1.54, 1.807) is 20.8 Å². The minimum atomic E-state index is -0.598. The van der Waals surface area contributed by atoms with Crippen LogP contribution in [0.15, 0.2) is 4.99 Å². The normalized spacial score (nSPS) is 13.1. The molecule has 14 heavy (non-hydrogen) atoms. The lowest BCUT2D eigenvalue weighted by molar-refractivity contribution is -0.156. The molecule has 0 heterocycles. The van der Waals surface area contributed by atoms with E-state index in [0.29, 0.717) is 6.42 Å². The maximum atomic E-state index is 11.5. The number of carbonyl (C=O) groups excluding carboxylic acids is 1. The first-order valence-electron chi connectivity index (χ1n) is 4.58. The van der Waals surface area contributed by atoms with Gasteiger partial charge in [0.05, 0.1) is 0 Å². The second-order valence-electron chi connectivity index (χ2n) is 4.01. The summed E-state index contributed by atoms with van der Waals surface area (Å²) in [7, 11) is 0. The Bertz CT molecular complexity index is 227. The molecule has 0 rings (SSSR count). The summed E-state index contributed by atoms with van der Waals surface area (Å²) in [6.07, 6.45) is 0.521. The lowest BCUT2D eigenvalue weighted by atomic mass is 10.2. The van der Waals surface area contributed by atoms with Gasteiger partial charge >= 0.3 is 5.97 Å². The second-order valence-corrected chi connectivity index (χ2v) is 4.01. The Labute approximate surface area is 84.5 Å². The van der Waals surface area contributed by atoms with Crippen molar-refractivity contribution in [3.63, 3.8) is 0 Å². The molecule has 0 fully saturated rings. The first-order valence-corrected chi connectivity index (χ1v) is 4.58. The molecule has 82 valence electrons. The maximum Gasteiger partial charge on any atom is 0.331 e. The molecule has 5 nitrogen and oxygen atoms in total. The van der Waals surface area contributed by atoms with Gasteiger partial charge in [-0.2, -0.15) is 0 Å². The van der Waals surface area contributed by atoms with E-state index in [1.807, 2.05) is 6.92 Å². The number of nitrogens with two attached hydrogens (primary N) is 2. The molecule has 1 unspecified atom stereocenters. The SMILES string of the molecule is CCC(N=C(N)N)C(=O)OC(C)(C)C. The number of esters is 1. The predicted molar refractivity (Wildman–Crippen MR) is 55.7 cm³/mol. The molecular formula is C9H19N3O2. The van der Waals surface area contributed by atoms with Crippen LogP contribution in [-0.4, -0.2) is 23.6 Å². The van der Waals surface area contributed by atoms with Gasteiger partial charge in [0.2, 0.25) is 0 Å². The summed E-state index contributed by atoms with van der Waals surface area (Å²) in [5, 5.41) is 0. The third-order valence-electron chi connectivity index (χ3n) is 1.37. The van der Waals surface area contributed by atoms with E-state index in [9.17, 15) is 4.79 Å². The zero-order valence-corrected chi connectivity index (χ0v) is 9.20. The van der Waals surface area contributed by atoms with Crippen LogP contribution in [-0.2, 0) is 9.53 Å². The predicted octanol–water partition coefficient (Wildman–Crippen LogP) is 0.380. The van der Waals surface area contributed by atoms with Gasteiger partial charge in [-0.05, 0) is 27.2 Å². The molecular weight excluding hydrogens is 182 g/mol. The standard InChI is InChI=1S/C9H19N3O2/c1-5-6(12-8(10)11)7(13)14-9(2,3)4/h6H,5H2,1-4H3,(H4,10,11,12). The van der Waals surface area contributed by atoms with Crippen molar-refractivity contribution in [3.05, 3.63) is 0 Å². The molecule has 0 bridgehead atoms. The van der Waals surface area contributed by atoms with Gasteiger partial charge in [-0.25, -0.2) is 9.79 Å². The molecule has 0 saturated heterocycles. The first kappa shape index (κ1) is 12.7. The second kappa shape index (κ2) is 4.83. The van der Waals surface area contributed by atoms with Crippen molar-refractivity contribution in [2.24, 2.45) is 16.5 Å². The number of aliphatic imine (C=N–C) groups is 1. The molecule has 0 saturated carbocycles. The van der Waals surface area contributed by atoms with Gasteiger partial charge in [0.1, 0.15) is 5.60 Å². The molecule has 4 N–H and O–H groups in total. The van der Waals surface area contributed by atoms with Crippen molar-refractivity contribution in [1.29, 1.82) is 0 Å². The van der Waals surface area contributed by atoms with Crippen LogP contribution in [0, 0.1) is 0 Å². The highest BCUT2D eigenvalue weighted by Crippen LogP contribution is 2.11. The maximum absolute atomic E-state index is 11.5. The summed E-state index contributed by atoms with van der Waals surface area (Å²) in [5.41, 5.74) is 9.87. The number of hydrogen-bond acceptors (Lipinski definition) is 3. The Hall–Kier alpha value is -1.26. The zero-order chi connectivity index (χ0) is 11.4. The highest BCUT2D eigenvalue weighted by molar-refractivity contribution is 5.82. The average Bonchev–Trinajstić information content (AvgIpc) is 1.96. The number of hydrogen-bond donors (Lipinski definition) is 2. The number of guanidine groups is 1. The van der Waals surface area contributed by atoms with Crippen molar-refractivity contribution in [2.75, 3.05) is 0 Å². The van der Waals surface area contributed by atoms with Crippen molar-refractivity contribution in [1.82, 2.24) is 0 Å². The molecule has 0 aromatic rings. The molecule has 0 amide bonds. The van der Waals surface area contributed by atoms with Crippen molar-refractivity contribution < 1.29 is 9.53 Å². The number of ether oxygens (including phenoxy) is 1. The van der Waals surface area contributed by atoms with Crippen molar-refractivity contribution in [2.45, 2.75) is 45.8 Å². The van der Waals surface area contributed by atoms with Crippen molar-refractivity contribution in [3.8, 4) is 0 Å². The molecule has 0 aliphatic carbocycles.